The number of carbonyl (C=O) groups is 1. The van der Waals surface area contributed by atoms with Gasteiger partial charge in [0.05, 0.1) is 24.8 Å². The monoisotopic (exact) mass is 386 g/mol. The lowest BCUT2D eigenvalue weighted by Crippen LogP contribution is -2.47. The number of aliphatic imine (C=N–C) groups is 1. The number of hydrogen-bond acceptors (Lipinski definition) is 4. The van der Waals surface area contributed by atoms with Crippen LogP contribution < -0.4 is 20.7 Å². The van der Waals surface area contributed by atoms with Gasteiger partial charge in [-0.15, -0.1) is 0 Å². The second-order valence-corrected chi connectivity index (χ2v) is 7.83. The largest absolute Gasteiger partial charge is 0.484 e. The number of guanidine groups is 1. The molecule has 3 unspecified atom stereocenters. The predicted octanol–water partition coefficient (Wildman–Crippen LogP) is 1.72. The zero-order chi connectivity index (χ0) is 19.3. The molecular weight excluding hydrogens is 356 g/mol. The summed E-state index contributed by atoms with van der Waals surface area (Å²) in [4.78, 5) is 16.5. The summed E-state index contributed by atoms with van der Waals surface area (Å²) in [6.07, 6.45) is 6.26. The molecule has 2 heterocycles. The van der Waals surface area contributed by atoms with Gasteiger partial charge in [-0.2, -0.15) is 0 Å². The molecule has 28 heavy (non-hydrogen) atoms. The van der Waals surface area contributed by atoms with Crippen LogP contribution in [0.1, 0.15) is 44.6 Å². The number of benzene rings is 1. The molecule has 152 valence electrons. The van der Waals surface area contributed by atoms with Crippen LogP contribution in [-0.2, 0) is 16.1 Å². The van der Waals surface area contributed by atoms with E-state index in [1.54, 1.807) is 0 Å². The Hall–Kier alpha value is -2.28. The molecule has 4 rings (SSSR count). The van der Waals surface area contributed by atoms with Gasteiger partial charge in [-0.25, -0.2) is 4.99 Å². The van der Waals surface area contributed by atoms with E-state index in [-0.39, 0.29) is 12.5 Å². The lowest BCUT2D eigenvalue weighted by molar-refractivity contribution is -0.123. The van der Waals surface area contributed by atoms with E-state index < -0.39 is 0 Å². The van der Waals surface area contributed by atoms with Crippen LogP contribution in [0, 0.1) is 0 Å². The van der Waals surface area contributed by atoms with Gasteiger partial charge in [-0.3, -0.25) is 4.79 Å². The molecule has 0 spiro atoms. The van der Waals surface area contributed by atoms with E-state index in [0.29, 0.717) is 36.6 Å². The molecule has 0 aromatic heterocycles. The van der Waals surface area contributed by atoms with Gasteiger partial charge in [-0.05, 0) is 56.7 Å². The molecule has 3 N–H and O–H groups in total. The maximum Gasteiger partial charge on any atom is 0.258 e. The van der Waals surface area contributed by atoms with E-state index in [1.807, 2.05) is 24.3 Å². The molecule has 3 fully saturated rings. The first-order valence-electron chi connectivity index (χ1n) is 10.4. The summed E-state index contributed by atoms with van der Waals surface area (Å²) >= 11 is 0. The highest BCUT2D eigenvalue weighted by Gasteiger charge is 2.41. The molecule has 1 amide bonds. The minimum Gasteiger partial charge on any atom is -0.484 e. The number of nitrogens with zero attached hydrogens (tertiary/aromatic N) is 1. The topological polar surface area (TPSA) is 84.0 Å². The number of ether oxygens (including phenoxy) is 2. The Balaban J connectivity index is 1.30. The van der Waals surface area contributed by atoms with Crippen molar-refractivity contribution in [3.63, 3.8) is 0 Å². The van der Waals surface area contributed by atoms with Gasteiger partial charge in [0, 0.05) is 12.6 Å². The summed E-state index contributed by atoms with van der Waals surface area (Å²) in [6, 6.07) is 8.46. The lowest BCUT2D eigenvalue weighted by atomic mass is 9.96. The third-order valence-corrected chi connectivity index (χ3v) is 5.40. The van der Waals surface area contributed by atoms with Crippen LogP contribution >= 0.6 is 0 Å². The highest BCUT2D eigenvalue weighted by molar-refractivity contribution is 5.80. The Kier molecular flexibility index (Phi) is 6.00. The van der Waals surface area contributed by atoms with Gasteiger partial charge in [0.25, 0.3) is 5.91 Å². The molecule has 0 radical (unpaired) electrons. The Bertz CT molecular complexity index is 719. The SMILES string of the molecule is CCNC(=NCc1cccc(OCC(=O)NC2CC2)c1)NC1CC2CCC1O2. The third kappa shape index (κ3) is 5.16. The van der Waals surface area contributed by atoms with Crippen molar-refractivity contribution in [3.8, 4) is 5.75 Å². The average molecular weight is 386 g/mol. The Morgan fingerprint density at radius 1 is 1.25 bits per heavy atom. The fourth-order valence-electron chi connectivity index (χ4n) is 3.84. The molecule has 3 aliphatic rings. The normalized spacial score (nSPS) is 26.2. The summed E-state index contributed by atoms with van der Waals surface area (Å²) < 4.78 is 11.5. The van der Waals surface area contributed by atoms with Crippen molar-refractivity contribution in [1.29, 1.82) is 0 Å². The Labute approximate surface area is 166 Å². The van der Waals surface area contributed by atoms with Crippen LogP contribution in [0.15, 0.2) is 29.3 Å². The number of nitrogens with one attached hydrogen (secondary N) is 3. The maximum atomic E-state index is 11.8. The molecule has 1 saturated carbocycles. The first-order chi connectivity index (χ1) is 13.7. The van der Waals surface area contributed by atoms with E-state index in [1.165, 1.54) is 6.42 Å². The molecule has 2 aliphatic heterocycles. The summed E-state index contributed by atoms with van der Waals surface area (Å²) in [7, 11) is 0. The maximum absolute atomic E-state index is 11.8. The number of carbonyl (C=O) groups excluding carboxylic acids is 1. The van der Waals surface area contributed by atoms with Crippen LogP contribution in [-0.4, -0.2) is 49.3 Å². The molecule has 1 aromatic rings. The average Bonchev–Trinajstić information content (AvgIpc) is 3.26. The molecule has 2 bridgehead atoms. The second-order valence-electron chi connectivity index (χ2n) is 7.83. The van der Waals surface area contributed by atoms with Gasteiger partial charge in [0.15, 0.2) is 12.6 Å². The van der Waals surface area contributed by atoms with Gasteiger partial charge in [0.1, 0.15) is 5.75 Å². The van der Waals surface area contributed by atoms with E-state index in [0.717, 1.165) is 43.8 Å². The van der Waals surface area contributed by atoms with Gasteiger partial charge < -0.3 is 25.4 Å². The lowest BCUT2D eigenvalue weighted by Gasteiger charge is -2.22. The van der Waals surface area contributed by atoms with Gasteiger partial charge >= 0.3 is 0 Å². The summed E-state index contributed by atoms with van der Waals surface area (Å²) in [5.74, 6) is 1.45. The van der Waals surface area contributed by atoms with Crippen LogP contribution in [0.3, 0.4) is 0 Å². The number of amides is 1. The predicted molar refractivity (Wildman–Crippen MR) is 107 cm³/mol. The Morgan fingerprint density at radius 3 is 2.86 bits per heavy atom. The highest BCUT2D eigenvalue weighted by atomic mass is 16.5. The van der Waals surface area contributed by atoms with Crippen LogP contribution in [0.4, 0.5) is 0 Å². The summed E-state index contributed by atoms with van der Waals surface area (Å²) in [6.45, 7) is 3.47. The molecule has 7 nitrogen and oxygen atoms in total. The summed E-state index contributed by atoms with van der Waals surface area (Å²) in [5.41, 5.74) is 1.04. The first kappa shape index (κ1) is 19.1. The van der Waals surface area contributed by atoms with Crippen molar-refractivity contribution in [2.45, 2.75) is 69.9 Å². The molecule has 2 saturated heterocycles. The second kappa shape index (κ2) is 8.82. The number of rotatable bonds is 8. The first-order valence-corrected chi connectivity index (χ1v) is 10.4. The molecule has 7 heteroatoms. The van der Waals surface area contributed by atoms with Crippen LogP contribution in [0.25, 0.3) is 0 Å². The molecule has 3 atom stereocenters. The van der Waals surface area contributed by atoms with Crippen molar-refractivity contribution in [3.05, 3.63) is 29.8 Å². The summed E-state index contributed by atoms with van der Waals surface area (Å²) in [5, 5.41) is 9.77. The van der Waals surface area contributed by atoms with Crippen molar-refractivity contribution in [2.24, 2.45) is 4.99 Å². The quantitative estimate of drug-likeness (QED) is 0.468. The van der Waals surface area contributed by atoms with Crippen LogP contribution in [0.2, 0.25) is 0 Å². The van der Waals surface area contributed by atoms with E-state index in [9.17, 15) is 4.79 Å². The molecular formula is C21H30N4O3. The minimum absolute atomic E-state index is 0.0532. The third-order valence-electron chi connectivity index (χ3n) is 5.40. The van der Waals surface area contributed by atoms with E-state index >= 15 is 0 Å². The van der Waals surface area contributed by atoms with Crippen molar-refractivity contribution >= 4 is 11.9 Å². The van der Waals surface area contributed by atoms with Crippen molar-refractivity contribution in [1.82, 2.24) is 16.0 Å². The zero-order valence-electron chi connectivity index (χ0n) is 16.4. The van der Waals surface area contributed by atoms with Gasteiger partial charge in [0.2, 0.25) is 0 Å². The fourth-order valence-corrected chi connectivity index (χ4v) is 3.84. The fraction of sp³-hybridized carbons (Fsp3) is 0.619. The highest BCUT2D eigenvalue weighted by Crippen LogP contribution is 2.34. The number of fused-ring (bicyclic) bond motifs is 2. The minimum atomic E-state index is -0.0577. The van der Waals surface area contributed by atoms with Crippen molar-refractivity contribution in [2.75, 3.05) is 13.2 Å². The Morgan fingerprint density at radius 2 is 2.14 bits per heavy atom. The standard InChI is InChI=1S/C21H30N4O3/c1-2-22-21(25-18-11-17-8-9-19(18)28-17)23-12-14-4-3-5-16(10-14)27-13-20(26)24-15-6-7-15/h3-5,10,15,17-19H,2,6-9,11-13H2,1H3,(H,24,26)(H2,22,23,25). The van der Waals surface area contributed by atoms with E-state index in [4.69, 9.17) is 14.5 Å². The van der Waals surface area contributed by atoms with Crippen LogP contribution in [0.5, 0.6) is 5.75 Å². The number of hydrogen-bond donors (Lipinski definition) is 3. The zero-order valence-corrected chi connectivity index (χ0v) is 16.4. The smallest absolute Gasteiger partial charge is 0.258 e. The van der Waals surface area contributed by atoms with Crippen molar-refractivity contribution < 1.29 is 14.3 Å². The molecule has 1 aliphatic carbocycles. The molecule has 1 aromatic carbocycles. The van der Waals surface area contributed by atoms with E-state index in [2.05, 4.69) is 22.9 Å². The van der Waals surface area contributed by atoms with Gasteiger partial charge in [-0.1, -0.05) is 12.1 Å².